The molecule has 4 rings (SSSR count). The number of para-hydroxylation sites is 1. The van der Waals surface area contributed by atoms with Crippen molar-refractivity contribution < 1.29 is 29.4 Å². The van der Waals surface area contributed by atoms with Crippen LogP contribution in [0.5, 0.6) is 5.75 Å². The number of aromatic nitrogens is 1. The Bertz CT molecular complexity index is 1640. The highest BCUT2D eigenvalue weighted by Gasteiger charge is 2.32. The molecule has 1 heterocycles. The van der Waals surface area contributed by atoms with Crippen LogP contribution < -0.4 is 21.7 Å². The topological polar surface area (TPSA) is 187 Å². The molecule has 4 aromatic rings. The average Bonchev–Trinajstić information content (AvgIpc) is 3.46. The van der Waals surface area contributed by atoms with Crippen LogP contribution in [-0.4, -0.2) is 63.1 Å². The van der Waals surface area contributed by atoms with Crippen LogP contribution in [0.1, 0.15) is 37.0 Å². The lowest BCUT2D eigenvalue weighted by atomic mass is 9.98. The predicted octanol–water partition coefficient (Wildman–Crippen LogP) is 2.81. The summed E-state index contributed by atoms with van der Waals surface area (Å²) in [6.07, 6.45) is 2.56. The Hall–Kier alpha value is -5.16. The molecule has 0 aliphatic carbocycles. The van der Waals surface area contributed by atoms with Crippen molar-refractivity contribution in [2.24, 2.45) is 11.7 Å². The van der Waals surface area contributed by atoms with Crippen molar-refractivity contribution >= 4 is 34.6 Å². The van der Waals surface area contributed by atoms with E-state index < -0.39 is 47.9 Å². The van der Waals surface area contributed by atoms with E-state index in [4.69, 9.17) is 5.73 Å². The van der Waals surface area contributed by atoms with Crippen LogP contribution >= 0.6 is 0 Å². The van der Waals surface area contributed by atoms with Crippen LogP contribution in [0.4, 0.5) is 0 Å². The first-order chi connectivity index (χ1) is 22.0. The summed E-state index contributed by atoms with van der Waals surface area (Å²) in [6, 6.07) is 18.3. The third-order valence-electron chi connectivity index (χ3n) is 8.20. The minimum absolute atomic E-state index is 0.0309. The van der Waals surface area contributed by atoms with Gasteiger partial charge in [-0.3, -0.25) is 14.4 Å². The normalized spacial score (nSPS) is 14.4. The summed E-state index contributed by atoms with van der Waals surface area (Å²) >= 11 is 0. The average molecular weight is 628 g/mol. The van der Waals surface area contributed by atoms with Crippen LogP contribution in [-0.2, 0) is 38.4 Å². The Morgan fingerprint density at radius 2 is 1.28 bits per heavy atom. The molecule has 3 amide bonds. The van der Waals surface area contributed by atoms with Crippen molar-refractivity contribution in [2.75, 3.05) is 0 Å². The quantitative estimate of drug-likeness (QED) is 0.106. The lowest BCUT2D eigenvalue weighted by Crippen LogP contribution is -2.58. The molecule has 5 unspecified atom stereocenters. The summed E-state index contributed by atoms with van der Waals surface area (Å²) in [5.41, 5.74) is 9.14. The molecule has 8 N–H and O–H groups in total. The number of nitrogens with one attached hydrogen (secondary N) is 4. The number of aromatic hydroxyl groups is 1. The third kappa shape index (κ3) is 8.95. The number of nitrogens with two attached hydrogens (primary N) is 1. The second-order valence-corrected chi connectivity index (χ2v) is 11.6. The molecule has 0 saturated carbocycles. The van der Waals surface area contributed by atoms with Crippen molar-refractivity contribution in [1.29, 1.82) is 0 Å². The van der Waals surface area contributed by atoms with E-state index in [2.05, 4.69) is 20.9 Å². The molecule has 0 aliphatic heterocycles. The highest BCUT2D eigenvalue weighted by atomic mass is 16.4. The van der Waals surface area contributed by atoms with Gasteiger partial charge in [0.15, 0.2) is 0 Å². The number of carboxylic acids is 1. The summed E-state index contributed by atoms with van der Waals surface area (Å²) in [7, 11) is 0. The van der Waals surface area contributed by atoms with Crippen LogP contribution in [0.3, 0.4) is 0 Å². The zero-order chi connectivity index (χ0) is 33.2. The van der Waals surface area contributed by atoms with Gasteiger partial charge in [-0.25, -0.2) is 4.79 Å². The monoisotopic (exact) mass is 627 g/mol. The van der Waals surface area contributed by atoms with Gasteiger partial charge in [-0.2, -0.15) is 0 Å². The van der Waals surface area contributed by atoms with E-state index in [1.54, 1.807) is 18.3 Å². The Kier molecular flexibility index (Phi) is 11.5. The van der Waals surface area contributed by atoms with Gasteiger partial charge in [0.05, 0.1) is 6.04 Å². The summed E-state index contributed by atoms with van der Waals surface area (Å²) in [4.78, 5) is 56.2. The van der Waals surface area contributed by atoms with Crippen molar-refractivity contribution in [3.05, 3.63) is 102 Å². The standard InChI is InChI=1S/C35H41N5O6/c1-3-21(2)31(36)34(44)39-28(17-22-9-5-4-6-10-22)32(42)38-29(19-24-20-37-27-12-8-7-11-26(24)27)33(43)40-30(35(45)46)18-23-13-15-25(41)16-14-23/h4-16,20-21,28-31,37,41H,3,17-19,36H2,1-2H3,(H,38,42)(H,39,44)(H,40,43)(H,45,46). The number of H-pyrrole nitrogens is 1. The van der Waals surface area contributed by atoms with Crippen LogP contribution in [0.25, 0.3) is 10.9 Å². The molecule has 46 heavy (non-hydrogen) atoms. The molecule has 1 aromatic heterocycles. The van der Waals surface area contributed by atoms with Gasteiger partial charge in [-0.15, -0.1) is 0 Å². The zero-order valence-electron chi connectivity index (χ0n) is 25.9. The fourth-order valence-corrected chi connectivity index (χ4v) is 5.18. The third-order valence-corrected chi connectivity index (χ3v) is 8.20. The molecule has 242 valence electrons. The number of benzene rings is 3. The first kappa shape index (κ1) is 33.7. The molecule has 3 aromatic carbocycles. The van der Waals surface area contributed by atoms with Gasteiger partial charge in [-0.05, 0) is 40.8 Å². The number of carbonyl (C=O) groups excluding carboxylic acids is 3. The molecule has 0 bridgehead atoms. The van der Waals surface area contributed by atoms with Gasteiger partial charge in [0.1, 0.15) is 23.9 Å². The van der Waals surface area contributed by atoms with Crippen LogP contribution in [0.15, 0.2) is 85.1 Å². The maximum Gasteiger partial charge on any atom is 0.326 e. The number of fused-ring (bicyclic) bond motifs is 1. The summed E-state index contributed by atoms with van der Waals surface area (Å²) in [5, 5.41) is 28.6. The van der Waals surface area contributed by atoms with Crippen LogP contribution in [0, 0.1) is 5.92 Å². The maximum atomic E-state index is 13.9. The summed E-state index contributed by atoms with van der Waals surface area (Å²) < 4.78 is 0. The molecule has 0 spiro atoms. The lowest BCUT2D eigenvalue weighted by molar-refractivity contribution is -0.142. The largest absolute Gasteiger partial charge is 0.508 e. The molecular weight excluding hydrogens is 586 g/mol. The maximum absolute atomic E-state index is 13.9. The van der Waals surface area contributed by atoms with E-state index in [0.29, 0.717) is 12.0 Å². The highest BCUT2D eigenvalue weighted by Crippen LogP contribution is 2.20. The minimum Gasteiger partial charge on any atom is -0.508 e. The van der Waals surface area contributed by atoms with Gasteiger partial charge in [0, 0.05) is 36.4 Å². The van der Waals surface area contributed by atoms with E-state index in [1.807, 2.05) is 68.4 Å². The van der Waals surface area contributed by atoms with Crippen molar-refractivity contribution in [3.63, 3.8) is 0 Å². The number of phenolic OH excluding ortho intramolecular Hbond substituents is 1. The Balaban J connectivity index is 1.61. The molecule has 0 radical (unpaired) electrons. The molecule has 5 atom stereocenters. The molecule has 11 heteroatoms. The number of hydrogen-bond donors (Lipinski definition) is 7. The number of rotatable bonds is 15. The Morgan fingerprint density at radius 3 is 1.93 bits per heavy atom. The Morgan fingerprint density at radius 1 is 0.739 bits per heavy atom. The minimum atomic E-state index is -1.31. The smallest absolute Gasteiger partial charge is 0.326 e. The number of aromatic amines is 1. The Labute approximate surface area is 267 Å². The molecule has 0 saturated heterocycles. The van der Waals surface area contributed by atoms with Gasteiger partial charge >= 0.3 is 5.97 Å². The number of carboxylic acid groups (broad SMARTS) is 1. The fourth-order valence-electron chi connectivity index (χ4n) is 5.18. The second-order valence-electron chi connectivity index (χ2n) is 11.6. The number of carbonyl (C=O) groups is 4. The van der Waals surface area contributed by atoms with E-state index in [0.717, 1.165) is 22.0 Å². The molecular formula is C35H41N5O6. The highest BCUT2D eigenvalue weighted by molar-refractivity contribution is 5.95. The molecule has 0 aliphatic rings. The molecule has 11 nitrogen and oxygen atoms in total. The van der Waals surface area contributed by atoms with E-state index in [9.17, 15) is 29.4 Å². The predicted molar refractivity (Wildman–Crippen MR) is 175 cm³/mol. The van der Waals surface area contributed by atoms with E-state index in [-0.39, 0.29) is 30.9 Å². The van der Waals surface area contributed by atoms with Crippen molar-refractivity contribution in [1.82, 2.24) is 20.9 Å². The fraction of sp³-hybridized carbons (Fsp3) is 0.314. The lowest BCUT2D eigenvalue weighted by Gasteiger charge is -2.26. The zero-order valence-corrected chi connectivity index (χ0v) is 25.9. The van der Waals surface area contributed by atoms with Gasteiger partial charge in [-0.1, -0.05) is 80.9 Å². The van der Waals surface area contributed by atoms with Gasteiger partial charge in [0.25, 0.3) is 0 Å². The van der Waals surface area contributed by atoms with E-state index >= 15 is 0 Å². The first-order valence-corrected chi connectivity index (χ1v) is 15.3. The summed E-state index contributed by atoms with van der Waals surface area (Å²) in [5.74, 6) is -3.15. The van der Waals surface area contributed by atoms with Gasteiger partial charge < -0.3 is 36.9 Å². The van der Waals surface area contributed by atoms with E-state index in [1.165, 1.54) is 12.1 Å². The van der Waals surface area contributed by atoms with Crippen molar-refractivity contribution in [3.8, 4) is 5.75 Å². The number of amides is 3. The SMILES string of the molecule is CCC(C)C(N)C(=O)NC(Cc1ccccc1)C(=O)NC(Cc1c[nH]c2ccccc12)C(=O)NC(Cc1ccc(O)cc1)C(=O)O. The summed E-state index contributed by atoms with van der Waals surface area (Å²) in [6.45, 7) is 3.78. The molecule has 0 fully saturated rings. The number of hydrogen-bond acceptors (Lipinski definition) is 6. The van der Waals surface area contributed by atoms with Crippen LogP contribution in [0.2, 0.25) is 0 Å². The number of phenols is 1. The number of aliphatic carboxylic acids is 1. The van der Waals surface area contributed by atoms with Crippen molar-refractivity contribution in [2.45, 2.75) is 63.7 Å². The van der Waals surface area contributed by atoms with Gasteiger partial charge in [0.2, 0.25) is 17.7 Å². The second kappa shape index (κ2) is 15.7. The first-order valence-electron chi connectivity index (χ1n) is 15.3.